The number of hydrogen-bond acceptors (Lipinski definition) is 6. The first-order chi connectivity index (χ1) is 15.9. The van der Waals surface area contributed by atoms with Gasteiger partial charge in [-0.15, -0.1) is 0 Å². The van der Waals surface area contributed by atoms with Crippen molar-refractivity contribution in [1.82, 2.24) is 0 Å². The summed E-state index contributed by atoms with van der Waals surface area (Å²) in [7, 11) is 1.35. The molecule has 0 aliphatic carbocycles. The zero-order chi connectivity index (χ0) is 26.4. The Balaban J connectivity index is 6.74. The van der Waals surface area contributed by atoms with E-state index in [0.717, 1.165) is 38.5 Å². The van der Waals surface area contributed by atoms with Crippen LogP contribution < -0.4 is 0 Å². The van der Waals surface area contributed by atoms with E-state index in [1.807, 2.05) is 6.92 Å². The summed E-state index contributed by atoms with van der Waals surface area (Å²) in [6.07, 6.45) is 7.78. The largest absolute Gasteiger partial charge is 0.384 e. The SMILES string of the molecule is CCCCCCCC(=O)C([C]=O)(C(=O)CCCCC)C(COC)(CC(=O)C(C)(C)C)C(=O)CC. The van der Waals surface area contributed by atoms with Gasteiger partial charge in [0.2, 0.25) is 6.29 Å². The van der Waals surface area contributed by atoms with Crippen LogP contribution in [0.15, 0.2) is 0 Å². The Hall–Kier alpha value is -1.69. The highest BCUT2D eigenvalue weighted by molar-refractivity contribution is 6.23. The molecule has 34 heavy (non-hydrogen) atoms. The molecule has 0 aromatic heterocycles. The number of rotatable bonds is 20. The quantitative estimate of drug-likeness (QED) is 0.162. The lowest BCUT2D eigenvalue weighted by atomic mass is 9.53. The molecule has 0 aliphatic rings. The van der Waals surface area contributed by atoms with Crippen LogP contribution in [0.4, 0.5) is 0 Å². The fourth-order valence-electron chi connectivity index (χ4n) is 4.50. The van der Waals surface area contributed by atoms with Crippen molar-refractivity contribution in [3.8, 4) is 0 Å². The van der Waals surface area contributed by atoms with E-state index in [1.54, 1.807) is 34.0 Å². The van der Waals surface area contributed by atoms with Crippen molar-refractivity contribution >= 4 is 29.4 Å². The lowest BCUT2D eigenvalue weighted by molar-refractivity contribution is -0.160. The first-order valence-electron chi connectivity index (χ1n) is 13.0. The van der Waals surface area contributed by atoms with E-state index >= 15 is 0 Å². The summed E-state index contributed by atoms with van der Waals surface area (Å²) in [5.41, 5.74) is -5.06. The van der Waals surface area contributed by atoms with Crippen LogP contribution in [0.3, 0.4) is 0 Å². The molecule has 0 aromatic rings. The standard InChI is InChI=1S/C28H47O6/c1-8-11-13-14-16-18-24(32)28(20-29,23(31)17-15-12-9-2)27(21-34-7,22(30)10-3)19-25(33)26(4,5)6/h8-19,21H2,1-7H3. The van der Waals surface area contributed by atoms with E-state index in [0.29, 0.717) is 12.8 Å². The van der Waals surface area contributed by atoms with Crippen molar-refractivity contribution in [1.29, 1.82) is 0 Å². The van der Waals surface area contributed by atoms with E-state index in [-0.39, 0.29) is 31.7 Å². The number of methoxy groups -OCH3 is 1. The first-order valence-corrected chi connectivity index (χ1v) is 13.0. The molecule has 0 aliphatic heterocycles. The second-order valence-corrected chi connectivity index (χ2v) is 10.5. The average molecular weight is 480 g/mol. The van der Waals surface area contributed by atoms with Gasteiger partial charge in [-0.1, -0.05) is 80.1 Å². The molecular formula is C28H47O6. The lowest BCUT2D eigenvalue weighted by Gasteiger charge is -2.44. The number of ether oxygens (including phenoxy) is 1. The van der Waals surface area contributed by atoms with Crippen molar-refractivity contribution in [2.75, 3.05) is 13.7 Å². The average Bonchev–Trinajstić information content (AvgIpc) is 2.78. The summed E-state index contributed by atoms with van der Waals surface area (Å²) < 4.78 is 5.38. The van der Waals surface area contributed by atoms with Crippen LogP contribution in [0.5, 0.6) is 0 Å². The third kappa shape index (κ3) is 7.93. The summed E-state index contributed by atoms with van der Waals surface area (Å²) in [5.74, 6) is -2.02. The van der Waals surface area contributed by atoms with Gasteiger partial charge in [-0.3, -0.25) is 24.0 Å². The van der Waals surface area contributed by atoms with E-state index in [2.05, 4.69) is 6.92 Å². The number of unbranched alkanes of at least 4 members (excludes halogenated alkanes) is 6. The van der Waals surface area contributed by atoms with Gasteiger partial charge in [0.05, 0.1) is 12.0 Å². The van der Waals surface area contributed by atoms with E-state index in [1.165, 1.54) is 7.11 Å². The Bertz CT molecular complexity index is 690. The van der Waals surface area contributed by atoms with Crippen LogP contribution in [0.1, 0.15) is 119 Å². The van der Waals surface area contributed by atoms with Gasteiger partial charge in [0.1, 0.15) is 11.6 Å². The topological polar surface area (TPSA) is 94.6 Å². The smallest absolute Gasteiger partial charge is 0.222 e. The van der Waals surface area contributed by atoms with Crippen LogP contribution in [0, 0.1) is 16.2 Å². The van der Waals surface area contributed by atoms with Crippen molar-refractivity contribution in [2.45, 2.75) is 119 Å². The Kier molecular flexibility index (Phi) is 14.6. The molecule has 0 N–H and O–H groups in total. The zero-order valence-corrected chi connectivity index (χ0v) is 22.6. The maximum absolute atomic E-state index is 13.8. The highest BCUT2D eigenvalue weighted by Crippen LogP contribution is 2.48. The molecule has 1 radical (unpaired) electrons. The minimum atomic E-state index is -2.34. The number of carbonyl (C=O) groups is 4. The molecule has 0 fully saturated rings. The molecule has 2 unspecified atom stereocenters. The maximum Gasteiger partial charge on any atom is 0.222 e. The van der Waals surface area contributed by atoms with Crippen LogP contribution in [-0.4, -0.2) is 43.1 Å². The minimum absolute atomic E-state index is 0.00929. The van der Waals surface area contributed by atoms with Gasteiger partial charge in [-0.05, 0) is 12.8 Å². The van der Waals surface area contributed by atoms with Crippen LogP contribution in [-0.2, 0) is 28.7 Å². The predicted octanol–water partition coefficient (Wildman–Crippen LogP) is 5.78. The summed E-state index contributed by atoms with van der Waals surface area (Å²) >= 11 is 0. The molecule has 0 heterocycles. The lowest BCUT2D eigenvalue weighted by Crippen LogP contribution is -2.61. The van der Waals surface area contributed by atoms with E-state index < -0.39 is 40.0 Å². The maximum atomic E-state index is 13.8. The Morgan fingerprint density at radius 3 is 1.59 bits per heavy atom. The van der Waals surface area contributed by atoms with Gasteiger partial charge in [-0.25, -0.2) is 0 Å². The normalized spacial score (nSPS) is 15.3. The first kappa shape index (κ1) is 32.3. The molecule has 0 saturated heterocycles. The van der Waals surface area contributed by atoms with Gasteiger partial charge in [0.15, 0.2) is 17.0 Å². The van der Waals surface area contributed by atoms with Crippen LogP contribution in [0.2, 0.25) is 0 Å². The highest BCUT2D eigenvalue weighted by Gasteiger charge is 2.65. The fourth-order valence-corrected chi connectivity index (χ4v) is 4.50. The zero-order valence-electron chi connectivity index (χ0n) is 22.6. The monoisotopic (exact) mass is 479 g/mol. The van der Waals surface area contributed by atoms with Gasteiger partial charge < -0.3 is 4.74 Å². The molecule has 2 atom stereocenters. The Morgan fingerprint density at radius 1 is 0.706 bits per heavy atom. The summed E-state index contributed by atoms with van der Waals surface area (Å²) in [6.45, 7) is 10.5. The third-order valence-corrected chi connectivity index (χ3v) is 6.77. The van der Waals surface area contributed by atoms with E-state index in [4.69, 9.17) is 4.74 Å². The molecule has 0 rings (SSSR count). The number of ketones is 4. The Morgan fingerprint density at radius 2 is 1.18 bits per heavy atom. The molecule has 0 aromatic carbocycles. The molecule has 195 valence electrons. The van der Waals surface area contributed by atoms with Gasteiger partial charge in [0, 0.05) is 38.2 Å². The van der Waals surface area contributed by atoms with Gasteiger partial charge in [0.25, 0.3) is 0 Å². The van der Waals surface area contributed by atoms with Crippen LogP contribution >= 0.6 is 0 Å². The molecule has 6 nitrogen and oxygen atoms in total. The van der Waals surface area contributed by atoms with Gasteiger partial charge >= 0.3 is 0 Å². The summed E-state index contributed by atoms with van der Waals surface area (Å²) in [6, 6.07) is 0. The number of hydrogen-bond donors (Lipinski definition) is 0. The number of Topliss-reactive ketones (excluding diaryl/α,β-unsaturated/α-hetero) is 4. The van der Waals surface area contributed by atoms with Gasteiger partial charge in [-0.2, -0.15) is 0 Å². The summed E-state index contributed by atoms with van der Waals surface area (Å²) in [5, 5.41) is 0. The van der Waals surface area contributed by atoms with E-state index in [9.17, 15) is 24.0 Å². The Labute approximate surface area is 207 Å². The second kappa shape index (κ2) is 15.3. The molecule has 0 saturated carbocycles. The molecular weight excluding hydrogens is 432 g/mol. The van der Waals surface area contributed by atoms with Crippen molar-refractivity contribution < 1.29 is 28.7 Å². The second-order valence-electron chi connectivity index (χ2n) is 10.5. The van der Waals surface area contributed by atoms with Crippen LogP contribution in [0.25, 0.3) is 0 Å². The van der Waals surface area contributed by atoms with Crippen molar-refractivity contribution in [3.63, 3.8) is 0 Å². The molecule has 0 amide bonds. The molecule has 0 spiro atoms. The number of carbonyl (C=O) groups excluding carboxylic acids is 5. The summed E-state index contributed by atoms with van der Waals surface area (Å²) in [4.78, 5) is 67.0. The highest BCUT2D eigenvalue weighted by atomic mass is 16.5. The molecule has 6 heteroatoms. The fraction of sp³-hybridized carbons (Fsp3) is 0.821. The van der Waals surface area contributed by atoms with Crippen molar-refractivity contribution in [2.24, 2.45) is 16.2 Å². The minimum Gasteiger partial charge on any atom is -0.384 e. The molecule has 0 bridgehead atoms. The predicted molar refractivity (Wildman–Crippen MR) is 134 cm³/mol. The van der Waals surface area contributed by atoms with Crippen molar-refractivity contribution in [3.05, 3.63) is 0 Å². The third-order valence-electron chi connectivity index (χ3n) is 6.77.